The van der Waals surface area contributed by atoms with Gasteiger partial charge in [-0.15, -0.1) is 0 Å². The minimum absolute atomic E-state index is 0.00330. The highest BCUT2D eigenvalue weighted by Crippen LogP contribution is 2.41. The van der Waals surface area contributed by atoms with Gasteiger partial charge in [-0.05, 0) is 44.2 Å². The second kappa shape index (κ2) is 9.43. The van der Waals surface area contributed by atoms with E-state index in [1.807, 2.05) is 13.8 Å². The molecule has 2 aliphatic rings. The Morgan fingerprint density at radius 3 is 2.90 bits per heavy atom. The third-order valence-corrected chi connectivity index (χ3v) is 6.59. The zero-order valence-electron chi connectivity index (χ0n) is 17.1. The molecule has 2 N–H and O–H groups in total. The molecule has 0 bridgehead atoms. The number of nitriles is 1. The molecule has 1 saturated carbocycles. The first kappa shape index (κ1) is 22.0. The van der Waals surface area contributed by atoms with E-state index in [0.29, 0.717) is 18.9 Å². The molecule has 1 heterocycles. The van der Waals surface area contributed by atoms with Crippen molar-refractivity contribution in [2.75, 3.05) is 13.1 Å². The lowest BCUT2D eigenvalue weighted by Gasteiger charge is -2.27. The molecular formula is C22H29IN4O2. The molecule has 2 amide bonds. The maximum absolute atomic E-state index is 12.5. The summed E-state index contributed by atoms with van der Waals surface area (Å²) in [4.78, 5) is 26.6. The fraction of sp³-hybridized carbons (Fsp3) is 0.591. The number of amides is 2. The molecule has 3 atom stereocenters. The Morgan fingerprint density at radius 1 is 1.38 bits per heavy atom. The lowest BCUT2D eigenvalue weighted by Crippen LogP contribution is -2.49. The number of rotatable bonds is 8. The Kier molecular flexibility index (Phi) is 7.17. The van der Waals surface area contributed by atoms with Crippen LogP contribution in [0.15, 0.2) is 24.3 Å². The van der Waals surface area contributed by atoms with Gasteiger partial charge in [0.1, 0.15) is 6.04 Å². The van der Waals surface area contributed by atoms with Gasteiger partial charge < -0.3 is 15.5 Å². The Hall–Kier alpha value is -1.66. The molecule has 0 unspecified atom stereocenters. The monoisotopic (exact) mass is 508 g/mol. The number of alkyl halides is 1. The second-order valence-electron chi connectivity index (χ2n) is 8.68. The number of halogens is 1. The van der Waals surface area contributed by atoms with Crippen LogP contribution in [0.1, 0.15) is 56.6 Å². The first-order valence-electron chi connectivity index (χ1n) is 10.2. The van der Waals surface area contributed by atoms with Crippen LogP contribution in [0.3, 0.4) is 0 Å². The van der Waals surface area contributed by atoms with Gasteiger partial charge in [0.2, 0.25) is 11.8 Å². The molecule has 1 aromatic rings. The van der Waals surface area contributed by atoms with E-state index in [0.717, 1.165) is 23.7 Å². The van der Waals surface area contributed by atoms with E-state index < -0.39 is 5.54 Å². The Balaban J connectivity index is 1.44. The van der Waals surface area contributed by atoms with Crippen LogP contribution in [0, 0.1) is 11.3 Å². The van der Waals surface area contributed by atoms with Crippen LogP contribution in [-0.2, 0) is 14.0 Å². The average molecular weight is 508 g/mol. The molecule has 3 rings (SSSR count). The van der Waals surface area contributed by atoms with Gasteiger partial charge in [-0.25, -0.2) is 0 Å². The molecule has 7 heteroatoms. The largest absolute Gasteiger partial charge is 0.353 e. The van der Waals surface area contributed by atoms with Crippen LogP contribution in [0.4, 0.5) is 0 Å². The molecule has 1 aromatic carbocycles. The number of hydrogen-bond acceptors (Lipinski definition) is 4. The van der Waals surface area contributed by atoms with Crippen molar-refractivity contribution in [2.45, 2.75) is 67.5 Å². The van der Waals surface area contributed by atoms with Gasteiger partial charge in [0.25, 0.3) is 0 Å². The maximum atomic E-state index is 12.5. The first-order valence-corrected chi connectivity index (χ1v) is 11.7. The Labute approximate surface area is 186 Å². The van der Waals surface area contributed by atoms with E-state index in [1.165, 1.54) is 11.1 Å². The van der Waals surface area contributed by atoms with Crippen LogP contribution >= 0.6 is 22.6 Å². The lowest BCUT2D eigenvalue weighted by atomic mass is 10.00. The molecule has 1 aliphatic carbocycles. The molecule has 2 fully saturated rings. The first-order chi connectivity index (χ1) is 13.8. The summed E-state index contributed by atoms with van der Waals surface area (Å²) in [5.41, 5.74) is 2.12. The van der Waals surface area contributed by atoms with Crippen molar-refractivity contribution < 1.29 is 9.59 Å². The number of likely N-dealkylation sites (tertiary alicyclic amines) is 1. The number of nitrogens with zero attached hydrogens (tertiary/aromatic N) is 2. The van der Waals surface area contributed by atoms with Gasteiger partial charge in [0.05, 0.1) is 12.6 Å². The number of benzene rings is 1. The smallest absolute Gasteiger partial charge is 0.237 e. The standard InChI is InChI=1S/C22H29IN4O2/c1-22(2,25-14-21(29)27-8-4-7-17(27)13-24)11-20(28)26-19-10-18(19)16-6-3-5-15(9-16)12-23/h3,5-6,9,17-19,25H,4,7-8,10-12,14H2,1-2H3,(H,26,28)/t17-,18+,19-/m0/s1. The lowest BCUT2D eigenvalue weighted by molar-refractivity contribution is -0.131. The SMILES string of the molecule is CC(C)(CC(=O)N[C@H]1C[C@@H]1c1cccc(CI)c1)NCC(=O)N1CCC[C@H]1C#N. The van der Waals surface area contributed by atoms with Gasteiger partial charge in [-0.1, -0.05) is 46.9 Å². The normalized spacial score (nSPS) is 23.5. The molecule has 0 aromatic heterocycles. The Bertz CT molecular complexity index is 804. The highest BCUT2D eigenvalue weighted by molar-refractivity contribution is 14.1. The van der Waals surface area contributed by atoms with Crippen molar-refractivity contribution in [1.29, 1.82) is 5.26 Å². The predicted octanol–water partition coefficient (Wildman–Crippen LogP) is 2.87. The molecule has 156 valence electrons. The summed E-state index contributed by atoms with van der Waals surface area (Å²) >= 11 is 2.36. The van der Waals surface area contributed by atoms with Crippen molar-refractivity contribution >= 4 is 34.4 Å². The van der Waals surface area contributed by atoms with Gasteiger partial charge in [0.15, 0.2) is 0 Å². The zero-order chi connectivity index (χ0) is 21.0. The van der Waals surface area contributed by atoms with Crippen molar-refractivity contribution in [3.63, 3.8) is 0 Å². The van der Waals surface area contributed by atoms with Crippen molar-refractivity contribution in [2.24, 2.45) is 0 Å². The van der Waals surface area contributed by atoms with Gasteiger partial charge in [0, 0.05) is 34.9 Å². The van der Waals surface area contributed by atoms with Gasteiger partial charge in [-0.3, -0.25) is 9.59 Å². The summed E-state index contributed by atoms with van der Waals surface area (Å²) in [5.74, 6) is 0.334. The van der Waals surface area contributed by atoms with E-state index in [-0.39, 0.29) is 30.4 Å². The summed E-state index contributed by atoms with van der Waals surface area (Å²) in [7, 11) is 0. The van der Waals surface area contributed by atoms with E-state index in [2.05, 4.69) is 63.6 Å². The average Bonchev–Trinajstić information content (AvgIpc) is 3.28. The fourth-order valence-corrected chi connectivity index (χ4v) is 4.44. The van der Waals surface area contributed by atoms with Crippen molar-refractivity contribution in [1.82, 2.24) is 15.5 Å². The summed E-state index contributed by atoms with van der Waals surface area (Å²) in [6.07, 6.45) is 2.91. The van der Waals surface area contributed by atoms with E-state index >= 15 is 0 Å². The van der Waals surface area contributed by atoms with Crippen LogP contribution < -0.4 is 10.6 Å². The second-order valence-corrected chi connectivity index (χ2v) is 9.45. The minimum Gasteiger partial charge on any atom is -0.353 e. The summed E-state index contributed by atoms with van der Waals surface area (Å²) in [6, 6.07) is 10.7. The van der Waals surface area contributed by atoms with Crippen LogP contribution in [0.5, 0.6) is 0 Å². The van der Waals surface area contributed by atoms with Crippen LogP contribution in [0.2, 0.25) is 0 Å². The summed E-state index contributed by atoms with van der Waals surface area (Å²) in [5, 5.41) is 15.5. The van der Waals surface area contributed by atoms with Gasteiger partial charge >= 0.3 is 0 Å². The molecule has 1 saturated heterocycles. The zero-order valence-corrected chi connectivity index (χ0v) is 19.2. The van der Waals surface area contributed by atoms with Crippen molar-refractivity contribution in [3.8, 4) is 6.07 Å². The van der Waals surface area contributed by atoms with E-state index in [9.17, 15) is 9.59 Å². The summed E-state index contributed by atoms with van der Waals surface area (Å²) in [6.45, 7) is 4.65. The number of carbonyl (C=O) groups excluding carboxylic acids is 2. The third kappa shape index (κ3) is 5.92. The third-order valence-electron chi connectivity index (χ3n) is 5.71. The number of carbonyl (C=O) groups is 2. The molecule has 0 spiro atoms. The van der Waals surface area contributed by atoms with E-state index in [4.69, 9.17) is 5.26 Å². The number of hydrogen-bond donors (Lipinski definition) is 2. The molecule has 0 radical (unpaired) electrons. The van der Waals surface area contributed by atoms with Crippen LogP contribution in [0.25, 0.3) is 0 Å². The molecule has 1 aliphatic heterocycles. The highest BCUT2D eigenvalue weighted by Gasteiger charge is 2.40. The van der Waals surface area contributed by atoms with Crippen LogP contribution in [-0.4, -0.2) is 47.4 Å². The minimum atomic E-state index is -0.493. The van der Waals surface area contributed by atoms with Gasteiger partial charge in [-0.2, -0.15) is 5.26 Å². The Morgan fingerprint density at radius 2 is 2.17 bits per heavy atom. The highest BCUT2D eigenvalue weighted by atomic mass is 127. The molecule has 6 nitrogen and oxygen atoms in total. The van der Waals surface area contributed by atoms with Crippen molar-refractivity contribution in [3.05, 3.63) is 35.4 Å². The maximum Gasteiger partial charge on any atom is 0.237 e. The number of nitrogens with one attached hydrogen (secondary N) is 2. The topological polar surface area (TPSA) is 85.2 Å². The predicted molar refractivity (Wildman–Crippen MR) is 121 cm³/mol. The fourth-order valence-electron chi connectivity index (χ4n) is 3.97. The van der Waals surface area contributed by atoms with E-state index in [1.54, 1.807) is 4.90 Å². The summed E-state index contributed by atoms with van der Waals surface area (Å²) < 4.78 is 0.987. The molecular weight excluding hydrogens is 479 g/mol. The molecule has 29 heavy (non-hydrogen) atoms. The quantitative estimate of drug-likeness (QED) is 0.418.